The number of nitrogens with one attached hydrogen (secondary N) is 1. The Morgan fingerprint density at radius 3 is 2.29 bits per heavy atom. The summed E-state index contributed by atoms with van der Waals surface area (Å²) in [7, 11) is -3.67. The van der Waals surface area contributed by atoms with Gasteiger partial charge < -0.3 is 0 Å². The van der Waals surface area contributed by atoms with Gasteiger partial charge in [-0.1, -0.05) is 37.9 Å². The molecule has 3 nitrogen and oxygen atoms in total. The molecule has 2 aromatic carbocycles. The minimum absolute atomic E-state index is 0.194. The van der Waals surface area contributed by atoms with Crippen molar-refractivity contribution in [3.8, 4) is 0 Å². The summed E-state index contributed by atoms with van der Waals surface area (Å²) < 4.78 is 29.9. The van der Waals surface area contributed by atoms with Gasteiger partial charge in [0.15, 0.2) is 0 Å². The van der Waals surface area contributed by atoms with E-state index < -0.39 is 10.0 Å². The first-order chi connectivity index (χ1) is 9.72. The second-order valence-corrected chi connectivity index (χ2v) is 8.76. The van der Waals surface area contributed by atoms with Crippen molar-refractivity contribution in [2.45, 2.75) is 18.7 Å². The maximum atomic E-state index is 12.6. The standard InChI is InChI=1S/C14H12Br3NO2S/c1-8-6-12(17)14(7-11(8)16)21(19,20)18-13-5-3-4-10(15)9(13)2/h3-7,18H,1-2H3. The van der Waals surface area contributed by atoms with Crippen LogP contribution in [0.5, 0.6) is 0 Å². The third-order valence-electron chi connectivity index (χ3n) is 3.01. The molecule has 7 heteroatoms. The molecule has 0 amide bonds. The Bertz CT molecular complexity index is 804. The highest BCUT2D eigenvalue weighted by atomic mass is 79.9. The van der Waals surface area contributed by atoms with Crippen molar-refractivity contribution in [3.05, 3.63) is 54.9 Å². The Kier molecular flexibility index (Phi) is 5.18. The molecule has 0 saturated carbocycles. The van der Waals surface area contributed by atoms with E-state index in [0.29, 0.717) is 10.2 Å². The third kappa shape index (κ3) is 3.70. The van der Waals surface area contributed by atoms with E-state index in [2.05, 4.69) is 52.5 Å². The van der Waals surface area contributed by atoms with E-state index in [4.69, 9.17) is 0 Å². The van der Waals surface area contributed by atoms with Gasteiger partial charge in [-0.3, -0.25) is 4.72 Å². The van der Waals surface area contributed by atoms with E-state index in [1.54, 1.807) is 24.3 Å². The van der Waals surface area contributed by atoms with Crippen molar-refractivity contribution in [1.29, 1.82) is 0 Å². The highest BCUT2D eigenvalue weighted by Crippen LogP contribution is 2.31. The van der Waals surface area contributed by atoms with Crippen LogP contribution in [0, 0.1) is 13.8 Å². The van der Waals surface area contributed by atoms with Gasteiger partial charge in [0.25, 0.3) is 10.0 Å². The molecule has 0 spiro atoms. The molecule has 1 N–H and O–H groups in total. The van der Waals surface area contributed by atoms with Gasteiger partial charge in [-0.05, 0) is 65.2 Å². The van der Waals surface area contributed by atoms with Crippen molar-refractivity contribution in [2.75, 3.05) is 4.72 Å². The van der Waals surface area contributed by atoms with Gasteiger partial charge in [-0.2, -0.15) is 0 Å². The van der Waals surface area contributed by atoms with Gasteiger partial charge in [0, 0.05) is 13.4 Å². The number of hydrogen-bond acceptors (Lipinski definition) is 2. The smallest absolute Gasteiger partial charge is 0.263 e. The molecule has 2 rings (SSSR count). The molecule has 0 heterocycles. The lowest BCUT2D eigenvalue weighted by Gasteiger charge is -2.13. The highest BCUT2D eigenvalue weighted by Gasteiger charge is 2.20. The summed E-state index contributed by atoms with van der Waals surface area (Å²) in [5.41, 5.74) is 2.34. The lowest BCUT2D eigenvalue weighted by molar-refractivity contribution is 0.600. The average molecular weight is 498 g/mol. The molecule has 0 aromatic heterocycles. The Hall–Kier alpha value is -0.370. The molecule has 0 radical (unpaired) electrons. The average Bonchev–Trinajstić information content (AvgIpc) is 2.39. The molecule has 0 unspecified atom stereocenters. The number of aryl methyl sites for hydroxylation is 1. The van der Waals surface area contributed by atoms with E-state index in [1.807, 2.05) is 19.9 Å². The summed E-state index contributed by atoms with van der Waals surface area (Å²) in [6.07, 6.45) is 0. The maximum absolute atomic E-state index is 12.6. The van der Waals surface area contributed by atoms with Crippen molar-refractivity contribution < 1.29 is 8.42 Å². The molecule has 0 saturated heterocycles. The van der Waals surface area contributed by atoms with Crippen molar-refractivity contribution in [2.24, 2.45) is 0 Å². The Labute approximate surface area is 149 Å². The Morgan fingerprint density at radius 2 is 1.62 bits per heavy atom. The van der Waals surface area contributed by atoms with Crippen molar-refractivity contribution in [1.82, 2.24) is 0 Å². The zero-order valence-electron chi connectivity index (χ0n) is 11.2. The first-order valence-electron chi connectivity index (χ1n) is 5.96. The van der Waals surface area contributed by atoms with E-state index in [-0.39, 0.29) is 4.90 Å². The molecule has 0 bridgehead atoms. The van der Waals surface area contributed by atoms with Gasteiger partial charge in [0.1, 0.15) is 4.90 Å². The number of anilines is 1. The molecular formula is C14H12Br3NO2S. The predicted octanol–water partition coefficient (Wildman–Crippen LogP) is 5.39. The number of sulfonamides is 1. The lowest BCUT2D eigenvalue weighted by Crippen LogP contribution is -2.14. The van der Waals surface area contributed by atoms with Crippen LogP contribution in [-0.4, -0.2) is 8.42 Å². The molecule has 0 aliphatic carbocycles. The number of halogens is 3. The van der Waals surface area contributed by atoms with Crippen molar-refractivity contribution >= 4 is 63.5 Å². The maximum Gasteiger partial charge on any atom is 0.263 e. The topological polar surface area (TPSA) is 46.2 Å². The number of rotatable bonds is 3. The highest BCUT2D eigenvalue weighted by molar-refractivity contribution is 9.11. The van der Waals surface area contributed by atoms with Crippen LogP contribution in [-0.2, 0) is 10.0 Å². The molecule has 0 fully saturated rings. The first kappa shape index (κ1) is 17.0. The number of hydrogen-bond donors (Lipinski definition) is 1. The summed E-state index contributed by atoms with van der Waals surface area (Å²) in [6.45, 7) is 3.75. The third-order valence-corrected chi connectivity index (χ3v) is 7.05. The molecule has 0 aliphatic rings. The van der Waals surface area contributed by atoms with Crippen molar-refractivity contribution in [3.63, 3.8) is 0 Å². The molecule has 2 aromatic rings. The summed E-state index contributed by atoms with van der Waals surface area (Å²) >= 11 is 10.1. The van der Waals surface area contributed by atoms with Gasteiger partial charge in [0.2, 0.25) is 0 Å². The molecule has 112 valence electrons. The van der Waals surface area contributed by atoms with Crippen LogP contribution in [0.1, 0.15) is 11.1 Å². The SMILES string of the molecule is Cc1cc(Br)c(S(=O)(=O)Nc2cccc(Br)c2C)cc1Br. The fraction of sp³-hybridized carbons (Fsp3) is 0.143. The molecule has 0 aliphatic heterocycles. The Morgan fingerprint density at radius 1 is 0.952 bits per heavy atom. The minimum Gasteiger partial charge on any atom is -0.279 e. The van der Waals surface area contributed by atoms with E-state index in [9.17, 15) is 8.42 Å². The second kappa shape index (κ2) is 6.40. The van der Waals surface area contributed by atoms with E-state index in [0.717, 1.165) is 20.1 Å². The summed E-state index contributed by atoms with van der Waals surface area (Å²) in [5.74, 6) is 0. The second-order valence-electron chi connectivity index (χ2n) is 4.55. The Balaban J connectivity index is 2.48. The van der Waals surface area contributed by atoms with E-state index in [1.165, 1.54) is 0 Å². The fourth-order valence-electron chi connectivity index (χ4n) is 1.75. The van der Waals surface area contributed by atoms with Gasteiger partial charge in [-0.15, -0.1) is 0 Å². The van der Waals surface area contributed by atoms with E-state index >= 15 is 0 Å². The normalized spacial score (nSPS) is 11.5. The zero-order valence-corrected chi connectivity index (χ0v) is 16.8. The quantitative estimate of drug-likeness (QED) is 0.618. The van der Waals surface area contributed by atoms with Crippen LogP contribution in [0.4, 0.5) is 5.69 Å². The summed E-state index contributed by atoms with van der Waals surface area (Å²) in [5, 5.41) is 0. The summed E-state index contributed by atoms with van der Waals surface area (Å²) in [4.78, 5) is 0.194. The van der Waals surface area contributed by atoms with Gasteiger partial charge in [-0.25, -0.2) is 8.42 Å². The largest absolute Gasteiger partial charge is 0.279 e. The van der Waals surface area contributed by atoms with Crippen LogP contribution >= 0.6 is 47.8 Å². The minimum atomic E-state index is -3.67. The first-order valence-corrected chi connectivity index (χ1v) is 9.82. The number of benzene rings is 2. The van der Waals surface area contributed by atoms with Gasteiger partial charge in [0.05, 0.1) is 5.69 Å². The zero-order chi connectivity index (χ0) is 15.8. The van der Waals surface area contributed by atoms with Crippen LogP contribution in [0.3, 0.4) is 0 Å². The molecule has 21 heavy (non-hydrogen) atoms. The fourth-order valence-corrected chi connectivity index (χ4v) is 4.92. The monoisotopic (exact) mass is 495 g/mol. The molecular weight excluding hydrogens is 486 g/mol. The van der Waals surface area contributed by atoms with Crippen LogP contribution in [0.2, 0.25) is 0 Å². The van der Waals surface area contributed by atoms with Crippen LogP contribution < -0.4 is 4.72 Å². The van der Waals surface area contributed by atoms with Gasteiger partial charge >= 0.3 is 0 Å². The lowest BCUT2D eigenvalue weighted by atomic mass is 10.2. The van der Waals surface area contributed by atoms with Crippen LogP contribution in [0.15, 0.2) is 48.6 Å². The molecule has 0 atom stereocenters. The summed E-state index contributed by atoms with van der Waals surface area (Å²) in [6, 6.07) is 8.75. The predicted molar refractivity (Wildman–Crippen MR) is 96.3 cm³/mol. The van der Waals surface area contributed by atoms with Crippen LogP contribution in [0.25, 0.3) is 0 Å².